The molecule has 0 bridgehead atoms. The van der Waals surface area contributed by atoms with Crippen molar-refractivity contribution in [1.29, 1.82) is 0 Å². The van der Waals surface area contributed by atoms with Gasteiger partial charge in [-0.3, -0.25) is 9.89 Å². The number of halogens is 1. The smallest absolute Gasteiger partial charge is 0.272 e. The molecule has 0 aliphatic heterocycles. The maximum atomic E-state index is 11.6. The molecule has 0 spiro atoms. The molecule has 17 heavy (non-hydrogen) atoms. The predicted molar refractivity (Wildman–Crippen MR) is 70.4 cm³/mol. The topological polar surface area (TPSA) is 70.1 Å². The first-order chi connectivity index (χ1) is 8.18. The number of amides is 1. The number of hydrogen-bond donors (Lipinski definition) is 2. The lowest BCUT2D eigenvalue weighted by molar-refractivity contribution is 0.0949. The lowest BCUT2D eigenvalue weighted by Gasteiger charge is -1.96. The number of hydrazone groups is 1. The Kier molecular flexibility index (Phi) is 3.70. The second-order valence-corrected chi connectivity index (χ2v) is 5.06. The molecule has 0 aliphatic rings. The van der Waals surface area contributed by atoms with E-state index in [1.807, 2.05) is 18.4 Å². The molecule has 0 saturated carbocycles. The number of aryl methyl sites for hydroxylation is 1. The van der Waals surface area contributed by atoms with E-state index in [9.17, 15) is 4.79 Å². The Bertz CT molecular complexity index is 560. The van der Waals surface area contributed by atoms with Crippen LogP contribution in [-0.4, -0.2) is 22.3 Å². The van der Waals surface area contributed by atoms with Gasteiger partial charge in [0.05, 0.1) is 16.9 Å². The molecule has 2 rings (SSSR count). The number of aromatic amines is 1. The highest BCUT2D eigenvalue weighted by Crippen LogP contribution is 2.13. The normalized spacial score (nSPS) is 10.9. The van der Waals surface area contributed by atoms with Gasteiger partial charge in [0, 0.05) is 4.88 Å². The molecule has 0 unspecified atom stereocenters. The van der Waals surface area contributed by atoms with Crippen molar-refractivity contribution in [1.82, 2.24) is 15.6 Å². The molecule has 0 aliphatic carbocycles. The summed E-state index contributed by atoms with van der Waals surface area (Å²) in [5.74, 6) is -0.333. The van der Waals surface area contributed by atoms with Gasteiger partial charge in [0.2, 0.25) is 0 Å². The monoisotopic (exact) mass is 312 g/mol. The van der Waals surface area contributed by atoms with E-state index in [4.69, 9.17) is 0 Å². The van der Waals surface area contributed by atoms with Gasteiger partial charge in [-0.1, -0.05) is 0 Å². The van der Waals surface area contributed by atoms with Gasteiger partial charge in [-0.25, -0.2) is 5.43 Å². The highest BCUT2D eigenvalue weighted by molar-refractivity contribution is 9.10. The number of nitrogens with zero attached hydrogens (tertiary/aromatic N) is 2. The van der Waals surface area contributed by atoms with Crippen LogP contribution in [0.5, 0.6) is 0 Å². The van der Waals surface area contributed by atoms with Gasteiger partial charge in [0.15, 0.2) is 0 Å². The van der Waals surface area contributed by atoms with E-state index >= 15 is 0 Å². The number of aromatic nitrogens is 2. The summed E-state index contributed by atoms with van der Waals surface area (Å²) in [5, 5.41) is 12.2. The molecular formula is C10H9BrN4OS. The largest absolute Gasteiger partial charge is 0.290 e. The SMILES string of the molecule is Cc1ccsc1C=NNC(=O)c1[nH]ncc1Br. The Hall–Kier alpha value is -1.47. The van der Waals surface area contributed by atoms with Crippen LogP contribution in [0.1, 0.15) is 20.9 Å². The molecule has 0 saturated heterocycles. The van der Waals surface area contributed by atoms with Crippen LogP contribution in [0.4, 0.5) is 0 Å². The van der Waals surface area contributed by atoms with E-state index in [0.717, 1.165) is 10.4 Å². The van der Waals surface area contributed by atoms with Gasteiger partial charge in [-0.2, -0.15) is 10.2 Å². The Balaban J connectivity index is 2.00. The number of hydrogen-bond acceptors (Lipinski definition) is 4. The third-order valence-corrected chi connectivity index (χ3v) is 3.62. The minimum absolute atomic E-state index is 0.333. The summed E-state index contributed by atoms with van der Waals surface area (Å²) in [4.78, 5) is 12.6. The van der Waals surface area contributed by atoms with Crippen molar-refractivity contribution < 1.29 is 4.79 Å². The molecule has 0 atom stereocenters. The molecule has 0 aromatic carbocycles. The van der Waals surface area contributed by atoms with Crippen molar-refractivity contribution in [3.63, 3.8) is 0 Å². The highest BCUT2D eigenvalue weighted by Gasteiger charge is 2.10. The van der Waals surface area contributed by atoms with Gasteiger partial charge in [-0.05, 0) is 39.9 Å². The second kappa shape index (κ2) is 5.24. The fourth-order valence-corrected chi connectivity index (χ4v) is 2.31. The van der Waals surface area contributed by atoms with Gasteiger partial charge in [0.1, 0.15) is 5.69 Å². The maximum absolute atomic E-state index is 11.6. The van der Waals surface area contributed by atoms with Crippen LogP contribution in [0.3, 0.4) is 0 Å². The summed E-state index contributed by atoms with van der Waals surface area (Å²) in [6, 6.07) is 2.00. The molecule has 2 N–H and O–H groups in total. The van der Waals surface area contributed by atoms with E-state index in [-0.39, 0.29) is 5.91 Å². The van der Waals surface area contributed by atoms with Gasteiger partial charge < -0.3 is 0 Å². The predicted octanol–water partition coefficient (Wildman–Crippen LogP) is 2.31. The quantitative estimate of drug-likeness (QED) is 0.674. The van der Waals surface area contributed by atoms with Crippen molar-refractivity contribution in [3.8, 4) is 0 Å². The summed E-state index contributed by atoms with van der Waals surface area (Å²) in [6.07, 6.45) is 3.14. The minimum Gasteiger partial charge on any atom is -0.272 e. The number of rotatable bonds is 3. The number of thiophene rings is 1. The fraction of sp³-hybridized carbons (Fsp3) is 0.100. The standard InChI is InChI=1S/C10H9BrN4OS/c1-6-2-3-17-8(6)5-13-15-10(16)9-7(11)4-12-14-9/h2-5H,1H3,(H,12,14)(H,15,16). The summed E-state index contributed by atoms with van der Waals surface area (Å²) in [7, 11) is 0. The van der Waals surface area contributed by atoms with Crippen molar-refractivity contribution >= 4 is 39.4 Å². The molecule has 7 heteroatoms. The summed E-state index contributed by atoms with van der Waals surface area (Å²) < 4.78 is 0.609. The maximum Gasteiger partial charge on any atom is 0.290 e. The minimum atomic E-state index is -0.333. The van der Waals surface area contributed by atoms with Crippen LogP contribution < -0.4 is 5.43 Å². The Labute approximate surface area is 110 Å². The molecule has 5 nitrogen and oxygen atoms in total. The van der Waals surface area contributed by atoms with E-state index in [1.165, 1.54) is 6.20 Å². The number of H-pyrrole nitrogens is 1. The van der Waals surface area contributed by atoms with Crippen molar-refractivity contribution in [2.75, 3.05) is 0 Å². The Morgan fingerprint density at radius 2 is 2.53 bits per heavy atom. The van der Waals surface area contributed by atoms with Gasteiger partial charge in [0.25, 0.3) is 5.91 Å². The summed E-state index contributed by atoms with van der Waals surface area (Å²) >= 11 is 4.78. The average molecular weight is 313 g/mol. The first-order valence-electron chi connectivity index (χ1n) is 4.75. The number of nitrogens with one attached hydrogen (secondary N) is 2. The van der Waals surface area contributed by atoms with Crippen molar-refractivity contribution in [2.45, 2.75) is 6.92 Å². The zero-order valence-corrected chi connectivity index (χ0v) is 11.3. The molecule has 0 radical (unpaired) electrons. The third kappa shape index (κ3) is 2.80. The zero-order chi connectivity index (χ0) is 12.3. The molecule has 2 aromatic heterocycles. The van der Waals surface area contributed by atoms with Gasteiger partial charge in [-0.15, -0.1) is 11.3 Å². The lowest BCUT2D eigenvalue weighted by atomic mass is 10.3. The van der Waals surface area contributed by atoms with E-state index in [1.54, 1.807) is 17.6 Å². The number of carbonyl (C=O) groups is 1. The zero-order valence-electron chi connectivity index (χ0n) is 8.90. The first kappa shape index (κ1) is 12.0. The molecule has 1 amide bonds. The van der Waals surface area contributed by atoms with Gasteiger partial charge >= 0.3 is 0 Å². The summed E-state index contributed by atoms with van der Waals surface area (Å²) in [6.45, 7) is 1.99. The molecule has 88 valence electrons. The molecular weight excluding hydrogens is 304 g/mol. The van der Waals surface area contributed by atoms with E-state index in [0.29, 0.717) is 10.2 Å². The second-order valence-electron chi connectivity index (χ2n) is 3.26. The molecule has 2 aromatic rings. The molecule has 2 heterocycles. The third-order valence-electron chi connectivity index (χ3n) is 2.07. The van der Waals surface area contributed by atoms with Crippen LogP contribution in [0.2, 0.25) is 0 Å². The van der Waals surface area contributed by atoms with Crippen LogP contribution in [-0.2, 0) is 0 Å². The van der Waals surface area contributed by atoms with E-state index in [2.05, 4.69) is 36.7 Å². The fourth-order valence-electron chi connectivity index (χ4n) is 1.15. The first-order valence-corrected chi connectivity index (χ1v) is 6.42. The number of carbonyl (C=O) groups excluding carboxylic acids is 1. The van der Waals surface area contributed by atoms with Crippen molar-refractivity contribution in [2.24, 2.45) is 5.10 Å². The Morgan fingerprint density at radius 3 is 3.12 bits per heavy atom. The molecule has 0 fully saturated rings. The van der Waals surface area contributed by atoms with Crippen LogP contribution in [0.25, 0.3) is 0 Å². The van der Waals surface area contributed by atoms with Crippen LogP contribution in [0.15, 0.2) is 27.2 Å². The van der Waals surface area contributed by atoms with Crippen LogP contribution in [0, 0.1) is 6.92 Å². The lowest BCUT2D eigenvalue weighted by Crippen LogP contribution is -2.18. The summed E-state index contributed by atoms with van der Waals surface area (Å²) in [5.41, 5.74) is 3.91. The van der Waals surface area contributed by atoms with Crippen molar-refractivity contribution in [3.05, 3.63) is 38.3 Å². The van der Waals surface area contributed by atoms with E-state index < -0.39 is 0 Å². The highest BCUT2D eigenvalue weighted by atomic mass is 79.9. The Morgan fingerprint density at radius 1 is 1.71 bits per heavy atom. The van der Waals surface area contributed by atoms with Crippen LogP contribution >= 0.6 is 27.3 Å². The average Bonchev–Trinajstić information content (AvgIpc) is 2.88.